The monoisotopic (exact) mass is 414 g/mol. The first-order valence-electron chi connectivity index (χ1n) is 10.8. The molecule has 0 saturated carbocycles. The largest absolute Gasteiger partial charge is 0.492 e. The summed E-state index contributed by atoms with van der Waals surface area (Å²) in [5.74, 6) is 0.625. The van der Waals surface area contributed by atoms with E-state index in [4.69, 9.17) is 14.6 Å². The van der Waals surface area contributed by atoms with Crippen LogP contribution >= 0.6 is 0 Å². The van der Waals surface area contributed by atoms with Crippen molar-refractivity contribution in [1.29, 1.82) is 0 Å². The van der Waals surface area contributed by atoms with E-state index in [1.807, 2.05) is 18.2 Å². The number of aliphatic carboxylic acids is 1. The predicted molar refractivity (Wildman–Crippen MR) is 120 cm³/mol. The Bertz CT molecular complexity index is 1140. The summed E-state index contributed by atoms with van der Waals surface area (Å²) < 4.78 is 12.1. The zero-order valence-corrected chi connectivity index (χ0v) is 17.9. The van der Waals surface area contributed by atoms with Crippen LogP contribution in [0.4, 0.5) is 0 Å². The molecule has 3 aromatic carbocycles. The Morgan fingerprint density at radius 1 is 1.06 bits per heavy atom. The van der Waals surface area contributed by atoms with E-state index < -0.39 is 5.97 Å². The van der Waals surface area contributed by atoms with Crippen molar-refractivity contribution >= 4 is 5.97 Å². The van der Waals surface area contributed by atoms with Gasteiger partial charge in [-0.25, -0.2) is 0 Å². The normalized spacial score (nSPS) is 18.9. The predicted octanol–water partition coefficient (Wildman–Crippen LogP) is 5.99. The van der Waals surface area contributed by atoms with Crippen LogP contribution in [0.25, 0.3) is 11.1 Å². The summed E-state index contributed by atoms with van der Waals surface area (Å²) in [4.78, 5) is 11.1. The van der Waals surface area contributed by atoms with Gasteiger partial charge in [-0.05, 0) is 66.1 Å². The lowest BCUT2D eigenvalue weighted by Crippen LogP contribution is -2.07. The van der Waals surface area contributed by atoms with Crippen LogP contribution in [0, 0.1) is 13.8 Å². The molecule has 1 heterocycles. The third kappa shape index (κ3) is 3.67. The Labute approximate surface area is 182 Å². The number of rotatable bonds is 5. The van der Waals surface area contributed by atoms with Crippen molar-refractivity contribution in [3.63, 3.8) is 0 Å². The number of carboxylic acid groups (broad SMARTS) is 1. The van der Waals surface area contributed by atoms with E-state index >= 15 is 0 Å². The van der Waals surface area contributed by atoms with Crippen molar-refractivity contribution in [2.75, 3.05) is 6.61 Å². The number of ether oxygens (including phenoxy) is 2. The van der Waals surface area contributed by atoms with E-state index in [1.165, 1.54) is 33.4 Å². The van der Waals surface area contributed by atoms with Gasteiger partial charge in [-0.3, -0.25) is 4.79 Å². The van der Waals surface area contributed by atoms with Gasteiger partial charge in [0.25, 0.3) is 0 Å². The molecule has 2 atom stereocenters. The molecule has 4 heteroatoms. The summed E-state index contributed by atoms with van der Waals surface area (Å²) in [6.07, 6.45) is 2.06. The molecular weight excluding hydrogens is 388 g/mol. The molecule has 0 saturated heterocycles. The van der Waals surface area contributed by atoms with Gasteiger partial charge in [0.1, 0.15) is 17.6 Å². The van der Waals surface area contributed by atoms with Crippen LogP contribution in [-0.4, -0.2) is 17.7 Å². The van der Waals surface area contributed by atoms with Gasteiger partial charge in [-0.15, -0.1) is 0 Å². The van der Waals surface area contributed by atoms with Crippen LogP contribution in [0.15, 0.2) is 54.6 Å². The van der Waals surface area contributed by atoms with E-state index in [0.717, 1.165) is 29.9 Å². The minimum atomic E-state index is -0.801. The fraction of sp³-hybridized carbons (Fsp3) is 0.296. The van der Waals surface area contributed by atoms with Gasteiger partial charge >= 0.3 is 5.97 Å². The summed E-state index contributed by atoms with van der Waals surface area (Å²) in [5.41, 5.74) is 8.74. The molecule has 0 aromatic heterocycles. The highest BCUT2D eigenvalue weighted by Crippen LogP contribution is 2.42. The van der Waals surface area contributed by atoms with Gasteiger partial charge in [-0.2, -0.15) is 0 Å². The molecule has 31 heavy (non-hydrogen) atoms. The molecule has 1 aliphatic carbocycles. The van der Waals surface area contributed by atoms with Crippen molar-refractivity contribution in [3.8, 4) is 22.6 Å². The number of benzene rings is 3. The molecule has 3 aromatic rings. The molecule has 1 N–H and O–H groups in total. The van der Waals surface area contributed by atoms with Gasteiger partial charge < -0.3 is 14.6 Å². The summed E-state index contributed by atoms with van der Waals surface area (Å²) in [5, 5.41) is 9.08. The molecule has 4 nitrogen and oxygen atoms in total. The average Bonchev–Trinajstić information content (AvgIpc) is 3.31. The Hall–Kier alpha value is -3.27. The molecule has 158 valence electrons. The number of aryl methyl sites for hydroxylation is 3. The standard InChI is InChI=1S/C27H26O4/c1-16-4-3-5-17(2)27(16)19-6-9-22-18(12-19)7-11-24(22)31-21-8-10-23-20(13-26(28)29)15-30-25(23)14-21/h3-6,8-10,12,14,20,24H,7,11,13,15H2,1-2H3,(H,28,29). The lowest BCUT2D eigenvalue weighted by molar-refractivity contribution is -0.137. The second-order valence-corrected chi connectivity index (χ2v) is 8.63. The first kappa shape index (κ1) is 19.7. The maximum Gasteiger partial charge on any atom is 0.304 e. The molecule has 2 unspecified atom stereocenters. The quantitative estimate of drug-likeness (QED) is 0.557. The second kappa shape index (κ2) is 7.77. The van der Waals surface area contributed by atoms with Crippen molar-refractivity contribution in [3.05, 3.63) is 82.4 Å². The molecule has 1 aliphatic heterocycles. The minimum absolute atomic E-state index is 0.0243. The first-order chi connectivity index (χ1) is 15.0. The SMILES string of the molecule is Cc1cccc(C)c1-c1ccc2c(c1)CCC2Oc1ccc2c(c1)OCC2CC(=O)O. The minimum Gasteiger partial charge on any atom is -0.492 e. The van der Waals surface area contributed by atoms with Crippen LogP contribution < -0.4 is 9.47 Å². The molecule has 0 spiro atoms. The van der Waals surface area contributed by atoms with E-state index in [0.29, 0.717) is 6.61 Å². The van der Waals surface area contributed by atoms with Crippen molar-refractivity contribution in [2.45, 2.75) is 45.1 Å². The number of hydrogen-bond acceptors (Lipinski definition) is 3. The summed E-state index contributed by atoms with van der Waals surface area (Å²) in [6, 6.07) is 19.0. The van der Waals surface area contributed by atoms with E-state index in [9.17, 15) is 4.79 Å². The third-order valence-electron chi connectivity index (χ3n) is 6.50. The van der Waals surface area contributed by atoms with E-state index in [2.05, 4.69) is 50.2 Å². The topological polar surface area (TPSA) is 55.8 Å². The fourth-order valence-corrected chi connectivity index (χ4v) is 5.00. The lowest BCUT2D eigenvalue weighted by atomic mass is 9.93. The van der Waals surface area contributed by atoms with Crippen LogP contribution in [-0.2, 0) is 11.2 Å². The molecule has 0 fully saturated rings. The molecule has 0 radical (unpaired) electrons. The van der Waals surface area contributed by atoms with Gasteiger partial charge in [0.05, 0.1) is 13.0 Å². The summed E-state index contributed by atoms with van der Waals surface area (Å²) >= 11 is 0. The highest BCUT2D eigenvalue weighted by atomic mass is 16.5. The fourth-order valence-electron chi connectivity index (χ4n) is 5.00. The van der Waals surface area contributed by atoms with Crippen LogP contribution in [0.5, 0.6) is 11.5 Å². The van der Waals surface area contributed by atoms with Crippen molar-refractivity contribution in [2.24, 2.45) is 0 Å². The van der Waals surface area contributed by atoms with E-state index in [-0.39, 0.29) is 18.4 Å². The van der Waals surface area contributed by atoms with Crippen LogP contribution in [0.3, 0.4) is 0 Å². The van der Waals surface area contributed by atoms with Gasteiger partial charge in [-0.1, -0.05) is 42.5 Å². The highest BCUT2D eigenvalue weighted by Gasteiger charge is 2.28. The Balaban J connectivity index is 1.36. The molecule has 0 amide bonds. The number of hydrogen-bond donors (Lipinski definition) is 1. The van der Waals surface area contributed by atoms with Crippen molar-refractivity contribution < 1.29 is 19.4 Å². The summed E-state index contributed by atoms with van der Waals surface area (Å²) in [6.45, 7) is 4.75. The first-order valence-corrected chi connectivity index (χ1v) is 10.8. The van der Waals surface area contributed by atoms with Crippen LogP contribution in [0.2, 0.25) is 0 Å². The van der Waals surface area contributed by atoms with E-state index in [1.54, 1.807) is 0 Å². The number of carbonyl (C=O) groups is 1. The summed E-state index contributed by atoms with van der Waals surface area (Å²) in [7, 11) is 0. The Kier molecular flexibility index (Phi) is 4.93. The zero-order valence-electron chi connectivity index (χ0n) is 17.9. The Morgan fingerprint density at radius 3 is 2.61 bits per heavy atom. The zero-order chi connectivity index (χ0) is 21.5. The number of carboxylic acids is 1. The average molecular weight is 415 g/mol. The van der Waals surface area contributed by atoms with Crippen LogP contribution in [0.1, 0.15) is 52.7 Å². The molecule has 2 aliphatic rings. The smallest absolute Gasteiger partial charge is 0.304 e. The Morgan fingerprint density at radius 2 is 1.84 bits per heavy atom. The number of fused-ring (bicyclic) bond motifs is 2. The van der Waals surface area contributed by atoms with Gasteiger partial charge in [0.2, 0.25) is 0 Å². The maximum atomic E-state index is 11.1. The third-order valence-corrected chi connectivity index (χ3v) is 6.50. The van der Waals surface area contributed by atoms with Gasteiger partial charge in [0, 0.05) is 17.5 Å². The molecular formula is C27H26O4. The maximum absolute atomic E-state index is 11.1. The lowest BCUT2D eigenvalue weighted by Gasteiger charge is -2.17. The highest BCUT2D eigenvalue weighted by molar-refractivity contribution is 5.72. The molecule has 5 rings (SSSR count). The second-order valence-electron chi connectivity index (χ2n) is 8.63. The van der Waals surface area contributed by atoms with Gasteiger partial charge in [0.15, 0.2) is 0 Å². The van der Waals surface area contributed by atoms with Crippen molar-refractivity contribution in [1.82, 2.24) is 0 Å². The molecule has 0 bridgehead atoms.